The number of nitrogens with one attached hydrogen (secondary N) is 2. The minimum Gasteiger partial charge on any atom is -0.465 e. The first-order valence-electron chi connectivity index (χ1n) is 16.1. The molecule has 0 aromatic carbocycles. The highest BCUT2D eigenvalue weighted by Gasteiger charge is 2.25. The Morgan fingerprint density at radius 2 is 1.22 bits per heavy atom. The molecule has 1 atom stereocenters. The van der Waals surface area contributed by atoms with E-state index in [-0.39, 0.29) is 12.1 Å². The quantitative estimate of drug-likeness (QED) is 0.215. The van der Waals surface area contributed by atoms with Crippen LogP contribution in [0, 0.1) is 13.8 Å². The standard InChI is InChI=1S/2C16H23N5O2/c1-10(2)13-9-17-21-14(8-11(3)18-15(13)21)19-12-4-6-20(7-5-12)16(22)23;1-10(2)13-8-17-21-14(7-11(3)18-15(13)21)19-12-5-4-6-20(9-12)16(22)23/h8-10,12,19H,4-7H2,1-3H3,(H,22,23);7-8,10,12,19H,4-6,9H2,1-3H3,(H,22,23). The molecule has 14 heteroatoms. The van der Waals surface area contributed by atoms with Crippen LogP contribution in [0.1, 0.15) is 87.7 Å². The van der Waals surface area contributed by atoms with E-state index < -0.39 is 12.2 Å². The lowest BCUT2D eigenvalue weighted by molar-refractivity contribution is 0.132. The molecule has 0 radical (unpaired) electrons. The number of nitrogens with zero attached hydrogens (tertiary/aromatic N) is 8. The summed E-state index contributed by atoms with van der Waals surface area (Å²) in [5.41, 5.74) is 5.89. The van der Waals surface area contributed by atoms with E-state index >= 15 is 0 Å². The van der Waals surface area contributed by atoms with Gasteiger partial charge < -0.3 is 30.6 Å². The van der Waals surface area contributed by atoms with Crippen molar-refractivity contribution in [1.29, 1.82) is 0 Å². The van der Waals surface area contributed by atoms with Gasteiger partial charge in [0.15, 0.2) is 11.3 Å². The molecule has 14 nitrogen and oxygen atoms in total. The number of carboxylic acid groups (broad SMARTS) is 2. The first kappa shape index (κ1) is 32.8. The number of rotatable bonds is 6. The van der Waals surface area contributed by atoms with Crippen LogP contribution in [-0.2, 0) is 0 Å². The molecule has 4 aromatic rings. The van der Waals surface area contributed by atoms with Crippen LogP contribution < -0.4 is 10.6 Å². The number of anilines is 2. The largest absolute Gasteiger partial charge is 0.465 e. The average Bonchev–Trinajstić information content (AvgIpc) is 3.63. The minimum atomic E-state index is -0.853. The van der Waals surface area contributed by atoms with E-state index in [1.165, 1.54) is 9.80 Å². The zero-order chi connectivity index (χ0) is 33.1. The Kier molecular flexibility index (Phi) is 9.82. The lowest BCUT2D eigenvalue weighted by Crippen LogP contribution is -2.44. The third-order valence-corrected chi connectivity index (χ3v) is 8.66. The maximum atomic E-state index is 11.2. The van der Waals surface area contributed by atoms with Crippen molar-refractivity contribution in [2.75, 3.05) is 36.8 Å². The number of hydrogen-bond donors (Lipinski definition) is 4. The predicted octanol–water partition coefficient (Wildman–Crippen LogP) is 5.43. The van der Waals surface area contributed by atoms with E-state index in [2.05, 4.69) is 58.5 Å². The van der Waals surface area contributed by atoms with Gasteiger partial charge in [-0.2, -0.15) is 19.2 Å². The number of aryl methyl sites for hydroxylation is 2. The smallest absolute Gasteiger partial charge is 0.407 e. The van der Waals surface area contributed by atoms with Crippen molar-refractivity contribution < 1.29 is 19.8 Å². The Morgan fingerprint density at radius 3 is 1.67 bits per heavy atom. The van der Waals surface area contributed by atoms with Crippen molar-refractivity contribution in [1.82, 2.24) is 39.0 Å². The van der Waals surface area contributed by atoms with Crippen LogP contribution >= 0.6 is 0 Å². The zero-order valence-corrected chi connectivity index (χ0v) is 27.6. The van der Waals surface area contributed by atoms with Gasteiger partial charge in [0.05, 0.1) is 12.4 Å². The van der Waals surface area contributed by atoms with Crippen LogP contribution in [0.15, 0.2) is 24.5 Å². The molecule has 6 heterocycles. The number of hydrogen-bond acceptors (Lipinski definition) is 8. The molecule has 2 saturated heterocycles. The van der Waals surface area contributed by atoms with E-state index in [4.69, 9.17) is 5.11 Å². The Balaban J connectivity index is 0.000000181. The van der Waals surface area contributed by atoms with Gasteiger partial charge in [-0.1, -0.05) is 27.7 Å². The fourth-order valence-electron chi connectivity index (χ4n) is 6.12. The van der Waals surface area contributed by atoms with Crippen molar-refractivity contribution in [2.24, 2.45) is 0 Å². The van der Waals surface area contributed by atoms with Crippen molar-refractivity contribution in [3.05, 3.63) is 47.0 Å². The number of amides is 2. The molecule has 0 saturated carbocycles. The fourth-order valence-corrected chi connectivity index (χ4v) is 6.12. The predicted molar refractivity (Wildman–Crippen MR) is 176 cm³/mol. The zero-order valence-electron chi connectivity index (χ0n) is 27.6. The number of carbonyl (C=O) groups is 2. The summed E-state index contributed by atoms with van der Waals surface area (Å²) >= 11 is 0. The summed E-state index contributed by atoms with van der Waals surface area (Å²) in [7, 11) is 0. The number of aromatic nitrogens is 6. The third kappa shape index (κ3) is 7.26. The first-order valence-corrected chi connectivity index (χ1v) is 16.1. The minimum absolute atomic E-state index is 0.0940. The molecule has 248 valence electrons. The van der Waals surface area contributed by atoms with Crippen LogP contribution in [-0.4, -0.2) is 99.7 Å². The summed E-state index contributed by atoms with van der Waals surface area (Å²) in [6.45, 7) is 14.7. The van der Waals surface area contributed by atoms with Crippen molar-refractivity contribution in [2.45, 2.75) is 91.1 Å². The number of piperidine rings is 2. The summed E-state index contributed by atoms with van der Waals surface area (Å²) in [6.07, 6.45) is 5.47. The van der Waals surface area contributed by atoms with E-state index in [0.717, 1.165) is 71.1 Å². The van der Waals surface area contributed by atoms with Gasteiger partial charge in [-0.15, -0.1) is 0 Å². The first-order chi connectivity index (χ1) is 21.9. The van der Waals surface area contributed by atoms with E-state index in [1.807, 2.05) is 47.4 Å². The highest BCUT2D eigenvalue weighted by molar-refractivity contribution is 5.65. The Bertz CT molecular complexity index is 1690. The monoisotopic (exact) mass is 634 g/mol. The van der Waals surface area contributed by atoms with Crippen LogP contribution in [0.25, 0.3) is 11.3 Å². The summed E-state index contributed by atoms with van der Waals surface area (Å²) < 4.78 is 3.67. The summed E-state index contributed by atoms with van der Waals surface area (Å²) in [6, 6.07) is 4.30. The second kappa shape index (κ2) is 13.8. The summed E-state index contributed by atoms with van der Waals surface area (Å²) in [4.78, 5) is 34.3. The molecule has 0 bridgehead atoms. The molecule has 0 aliphatic carbocycles. The molecule has 0 spiro atoms. The van der Waals surface area contributed by atoms with Crippen LogP contribution in [0.2, 0.25) is 0 Å². The second-order valence-electron chi connectivity index (χ2n) is 12.9. The van der Waals surface area contributed by atoms with Crippen LogP contribution in [0.3, 0.4) is 0 Å². The molecule has 6 rings (SSSR count). The second-order valence-corrected chi connectivity index (χ2v) is 12.9. The molecular formula is C32H46N10O4. The van der Waals surface area contributed by atoms with Crippen molar-refractivity contribution >= 4 is 35.1 Å². The van der Waals surface area contributed by atoms with E-state index in [0.29, 0.717) is 38.0 Å². The van der Waals surface area contributed by atoms with Gasteiger partial charge in [0, 0.05) is 72.9 Å². The lowest BCUT2D eigenvalue weighted by atomic mass is 10.1. The molecule has 2 fully saturated rings. The molecular weight excluding hydrogens is 588 g/mol. The average molecular weight is 635 g/mol. The number of likely N-dealkylation sites (tertiary alicyclic amines) is 2. The Morgan fingerprint density at radius 1 is 0.739 bits per heavy atom. The lowest BCUT2D eigenvalue weighted by Gasteiger charge is -2.31. The third-order valence-electron chi connectivity index (χ3n) is 8.66. The summed E-state index contributed by atoms with van der Waals surface area (Å²) in [5, 5.41) is 34.1. The molecule has 46 heavy (non-hydrogen) atoms. The van der Waals surface area contributed by atoms with Gasteiger partial charge in [0.25, 0.3) is 0 Å². The number of fused-ring (bicyclic) bond motifs is 2. The van der Waals surface area contributed by atoms with Gasteiger partial charge in [-0.05, 0) is 51.4 Å². The SMILES string of the molecule is Cc1cc(NC2CCCN(C(=O)O)C2)n2ncc(C(C)C)c2n1.Cc1cc(NC2CCN(C(=O)O)CC2)n2ncc(C(C)C)c2n1. The van der Waals surface area contributed by atoms with Crippen LogP contribution in [0.5, 0.6) is 0 Å². The molecule has 4 aromatic heterocycles. The van der Waals surface area contributed by atoms with E-state index in [9.17, 15) is 14.7 Å². The van der Waals surface area contributed by atoms with Gasteiger partial charge in [-0.3, -0.25) is 0 Å². The maximum absolute atomic E-state index is 11.2. The van der Waals surface area contributed by atoms with Crippen molar-refractivity contribution in [3.63, 3.8) is 0 Å². The molecule has 1 unspecified atom stereocenters. The highest BCUT2D eigenvalue weighted by atomic mass is 16.4. The Labute approximate surface area is 268 Å². The Hall–Kier alpha value is -4.62. The van der Waals surface area contributed by atoms with Gasteiger partial charge >= 0.3 is 12.2 Å². The molecule has 2 aliphatic rings. The van der Waals surface area contributed by atoms with E-state index in [1.54, 1.807) is 0 Å². The molecule has 2 amide bonds. The van der Waals surface area contributed by atoms with Gasteiger partial charge in [0.2, 0.25) is 0 Å². The van der Waals surface area contributed by atoms with Gasteiger partial charge in [-0.25, -0.2) is 19.6 Å². The normalized spacial score (nSPS) is 17.4. The highest BCUT2D eigenvalue weighted by Crippen LogP contribution is 2.25. The molecule has 2 aliphatic heterocycles. The fraction of sp³-hybridized carbons (Fsp3) is 0.562. The molecule has 4 N–H and O–H groups in total. The van der Waals surface area contributed by atoms with Crippen molar-refractivity contribution in [3.8, 4) is 0 Å². The topological polar surface area (TPSA) is 166 Å². The van der Waals surface area contributed by atoms with Crippen LogP contribution in [0.4, 0.5) is 21.2 Å². The maximum Gasteiger partial charge on any atom is 0.407 e. The summed E-state index contributed by atoms with van der Waals surface area (Å²) in [5.74, 6) is 2.52. The van der Waals surface area contributed by atoms with Gasteiger partial charge in [0.1, 0.15) is 11.6 Å².